The molecular formula is C23H27N3O4. The molecule has 2 aromatic rings. The van der Waals surface area contributed by atoms with Crippen molar-refractivity contribution in [2.24, 2.45) is 0 Å². The Morgan fingerprint density at radius 3 is 2.70 bits per heavy atom. The minimum atomic E-state index is -0.786. The SMILES string of the molecule is CCOC(=O)[C@H](C)NC(=O)c1c2c(nc3ccccc13)C(=O)N(C1CCCCC1)C2. The predicted octanol–water partition coefficient (Wildman–Crippen LogP) is 3.20. The lowest BCUT2D eigenvalue weighted by molar-refractivity contribution is -0.144. The van der Waals surface area contributed by atoms with Crippen molar-refractivity contribution >= 4 is 28.7 Å². The lowest BCUT2D eigenvalue weighted by Gasteiger charge is -2.30. The van der Waals surface area contributed by atoms with Crippen LogP contribution in [-0.4, -0.2) is 46.4 Å². The molecule has 1 atom stereocenters. The number of hydrogen-bond donors (Lipinski definition) is 1. The van der Waals surface area contributed by atoms with Crippen LogP contribution in [0.4, 0.5) is 0 Å². The largest absolute Gasteiger partial charge is 0.464 e. The summed E-state index contributed by atoms with van der Waals surface area (Å²) in [6, 6.07) is 6.73. The number of nitrogens with one attached hydrogen (secondary N) is 1. The molecule has 1 aliphatic heterocycles. The molecule has 0 radical (unpaired) electrons. The van der Waals surface area contributed by atoms with Crippen LogP contribution >= 0.6 is 0 Å². The fourth-order valence-corrected chi connectivity index (χ4v) is 4.50. The van der Waals surface area contributed by atoms with E-state index < -0.39 is 12.0 Å². The number of aromatic nitrogens is 1. The molecule has 158 valence electrons. The molecule has 30 heavy (non-hydrogen) atoms. The first-order valence-corrected chi connectivity index (χ1v) is 10.7. The minimum Gasteiger partial charge on any atom is -0.464 e. The topological polar surface area (TPSA) is 88.6 Å². The number of esters is 1. The van der Waals surface area contributed by atoms with Crippen LogP contribution in [0.25, 0.3) is 10.9 Å². The van der Waals surface area contributed by atoms with Crippen LogP contribution in [0.5, 0.6) is 0 Å². The molecule has 0 bridgehead atoms. The summed E-state index contributed by atoms with van der Waals surface area (Å²) in [5.74, 6) is -0.973. The fraction of sp³-hybridized carbons (Fsp3) is 0.478. The fourth-order valence-electron chi connectivity index (χ4n) is 4.50. The number of benzene rings is 1. The lowest BCUT2D eigenvalue weighted by Crippen LogP contribution is -2.40. The van der Waals surface area contributed by atoms with Gasteiger partial charge in [0.25, 0.3) is 11.8 Å². The third kappa shape index (κ3) is 3.64. The second-order valence-electron chi connectivity index (χ2n) is 8.00. The maximum absolute atomic E-state index is 13.3. The lowest BCUT2D eigenvalue weighted by atomic mass is 9.94. The Balaban J connectivity index is 1.72. The van der Waals surface area contributed by atoms with Crippen molar-refractivity contribution in [1.82, 2.24) is 15.2 Å². The molecule has 1 aliphatic carbocycles. The number of para-hydroxylation sites is 1. The van der Waals surface area contributed by atoms with Crippen LogP contribution in [0.2, 0.25) is 0 Å². The molecule has 2 heterocycles. The van der Waals surface area contributed by atoms with Crippen LogP contribution in [0.15, 0.2) is 24.3 Å². The van der Waals surface area contributed by atoms with Crippen molar-refractivity contribution in [3.05, 3.63) is 41.1 Å². The Morgan fingerprint density at radius 2 is 1.97 bits per heavy atom. The zero-order valence-corrected chi connectivity index (χ0v) is 17.4. The van der Waals surface area contributed by atoms with Gasteiger partial charge in [0, 0.05) is 23.5 Å². The van der Waals surface area contributed by atoms with Crippen molar-refractivity contribution in [2.45, 2.75) is 64.6 Å². The van der Waals surface area contributed by atoms with Crippen LogP contribution in [0.1, 0.15) is 72.4 Å². The van der Waals surface area contributed by atoms with Crippen molar-refractivity contribution < 1.29 is 19.1 Å². The summed E-state index contributed by atoms with van der Waals surface area (Å²) in [5.41, 5.74) is 2.04. The van der Waals surface area contributed by atoms with Crippen molar-refractivity contribution in [3.8, 4) is 0 Å². The highest BCUT2D eigenvalue weighted by molar-refractivity contribution is 6.12. The number of amides is 2. The first kappa shape index (κ1) is 20.3. The van der Waals surface area contributed by atoms with Gasteiger partial charge in [-0.3, -0.25) is 9.59 Å². The van der Waals surface area contributed by atoms with E-state index in [1.165, 1.54) is 6.42 Å². The van der Waals surface area contributed by atoms with E-state index in [1.807, 2.05) is 23.1 Å². The predicted molar refractivity (Wildman–Crippen MR) is 112 cm³/mol. The van der Waals surface area contributed by atoms with E-state index >= 15 is 0 Å². The average molecular weight is 409 g/mol. The maximum atomic E-state index is 13.3. The molecule has 4 rings (SSSR count). The molecule has 7 heteroatoms. The first-order chi connectivity index (χ1) is 14.5. The van der Waals surface area contributed by atoms with Gasteiger partial charge in [-0.2, -0.15) is 0 Å². The van der Waals surface area contributed by atoms with Gasteiger partial charge in [0.2, 0.25) is 0 Å². The summed E-state index contributed by atoms with van der Waals surface area (Å²) in [6.07, 6.45) is 5.41. The van der Waals surface area contributed by atoms with E-state index in [-0.39, 0.29) is 24.5 Å². The van der Waals surface area contributed by atoms with Crippen LogP contribution < -0.4 is 5.32 Å². The van der Waals surface area contributed by atoms with E-state index in [1.54, 1.807) is 19.9 Å². The van der Waals surface area contributed by atoms with Gasteiger partial charge in [0.1, 0.15) is 11.7 Å². The number of pyridine rings is 1. The van der Waals surface area contributed by atoms with Crippen molar-refractivity contribution in [2.75, 3.05) is 6.61 Å². The third-order valence-corrected chi connectivity index (χ3v) is 6.02. The highest BCUT2D eigenvalue weighted by Gasteiger charge is 2.38. The second-order valence-corrected chi connectivity index (χ2v) is 8.00. The van der Waals surface area contributed by atoms with E-state index in [2.05, 4.69) is 10.3 Å². The number of rotatable bonds is 5. The van der Waals surface area contributed by atoms with E-state index in [4.69, 9.17) is 4.74 Å². The molecule has 0 spiro atoms. The molecule has 2 amide bonds. The molecule has 0 unspecified atom stereocenters. The van der Waals surface area contributed by atoms with Gasteiger partial charge >= 0.3 is 5.97 Å². The summed E-state index contributed by atoms with van der Waals surface area (Å²) < 4.78 is 5.01. The number of nitrogens with zero attached hydrogens (tertiary/aromatic N) is 2. The summed E-state index contributed by atoms with van der Waals surface area (Å²) in [6.45, 7) is 3.95. The minimum absolute atomic E-state index is 0.102. The second kappa shape index (κ2) is 8.42. The molecule has 7 nitrogen and oxygen atoms in total. The van der Waals surface area contributed by atoms with Gasteiger partial charge in [-0.1, -0.05) is 37.5 Å². The van der Waals surface area contributed by atoms with Gasteiger partial charge in [-0.05, 0) is 32.8 Å². The number of carbonyl (C=O) groups excluding carboxylic acids is 3. The number of hydrogen-bond acceptors (Lipinski definition) is 5. The Bertz CT molecular complexity index is 997. The normalized spacial score (nSPS) is 17.7. The molecule has 1 saturated carbocycles. The maximum Gasteiger partial charge on any atom is 0.328 e. The summed E-state index contributed by atoms with van der Waals surface area (Å²) in [7, 11) is 0. The van der Waals surface area contributed by atoms with Gasteiger partial charge in [0.05, 0.1) is 17.7 Å². The third-order valence-electron chi connectivity index (χ3n) is 6.02. The summed E-state index contributed by atoms with van der Waals surface area (Å²) in [4.78, 5) is 44.9. The number of fused-ring (bicyclic) bond motifs is 2. The molecule has 0 saturated heterocycles. The Kier molecular flexibility index (Phi) is 5.70. The van der Waals surface area contributed by atoms with Gasteiger partial charge in [-0.25, -0.2) is 9.78 Å². The van der Waals surface area contributed by atoms with Gasteiger partial charge < -0.3 is 15.0 Å². The highest BCUT2D eigenvalue weighted by Crippen LogP contribution is 2.34. The zero-order chi connectivity index (χ0) is 21.3. The Labute approximate surface area is 175 Å². The van der Waals surface area contributed by atoms with E-state index in [0.29, 0.717) is 34.3 Å². The summed E-state index contributed by atoms with van der Waals surface area (Å²) >= 11 is 0. The quantitative estimate of drug-likeness (QED) is 0.766. The molecule has 1 N–H and O–H groups in total. The molecule has 1 fully saturated rings. The van der Waals surface area contributed by atoms with E-state index in [0.717, 1.165) is 25.7 Å². The van der Waals surface area contributed by atoms with Crippen molar-refractivity contribution in [1.29, 1.82) is 0 Å². The smallest absolute Gasteiger partial charge is 0.328 e. The molecule has 1 aromatic carbocycles. The molecule has 2 aliphatic rings. The van der Waals surface area contributed by atoms with Gasteiger partial charge in [-0.15, -0.1) is 0 Å². The Morgan fingerprint density at radius 1 is 1.23 bits per heavy atom. The highest BCUT2D eigenvalue weighted by atomic mass is 16.5. The van der Waals surface area contributed by atoms with Crippen LogP contribution in [0, 0.1) is 0 Å². The van der Waals surface area contributed by atoms with Crippen LogP contribution in [-0.2, 0) is 16.1 Å². The summed E-state index contributed by atoms with van der Waals surface area (Å²) in [5, 5.41) is 3.42. The molecule has 1 aromatic heterocycles. The Hall–Kier alpha value is -2.96. The van der Waals surface area contributed by atoms with Crippen molar-refractivity contribution in [3.63, 3.8) is 0 Å². The zero-order valence-electron chi connectivity index (χ0n) is 17.4. The van der Waals surface area contributed by atoms with Gasteiger partial charge in [0.15, 0.2) is 0 Å². The average Bonchev–Trinajstić information content (AvgIpc) is 3.08. The standard InChI is InChI=1S/C23H27N3O4/c1-3-30-23(29)14(2)24-21(27)19-16-11-7-8-12-18(16)25-20-17(19)13-26(22(20)28)15-9-5-4-6-10-15/h7-8,11-12,14-15H,3-6,9-10,13H2,1-2H3,(H,24,27)/t14-/m0/s1. The number of carbonyl (C=O) groups is 3. The first-order valence-electron chi connectivity index (χ1n) is 10.7. The van der Waals surface area contributed by atoms with Crippen LogP contribution in [0.3, 0.4) is 0 Å². The molecular weight excluding hydrogens is 382 g/mol. The van der Waals surface area contributed by atoms with E-state index in [9.17, 15) is 14.4 Å². The number of ether oxygens (including phenoxy) is 1. The monoisotopic (exact) mass is 409 g/mol.